The van der Waals surface area contributed by atoms with E-state index in [4.69, 9.17) is 9.84 Å². The largest absolute Gasteiger partial charge is 0.384 e. The van der Waals surface area contributed by atoms with Crippen LogP contribution in [0.3, 0.4) is 0 Å². The van der Waals surface area contributed by atoms with Gasteiger partial charge in [0.1, 0.15) is 11.5 Å². The normalized spacial score (nSPS) is 9.62. The summed E-state index contributed by atoms with van der Waals surface area (Å²) in [5.41, 5.74) is 0.580. The number of aliphatic hydroxyl groups excluding tert-OH is 1. The summed E-state index contributed by atoms with van der Waals surface area (Å²) < 4.78 is 4.82. The number of ether oxygens (including phenoxy) is 1. The minimum Gasteiger partial charge on any atom is -0.384 e. The van der Waals surface area contributed by atoms with Gasteiger partial charge in [0.15, 0.2) is 0 Å². The summed E-state index contributed by atoms with van der Waals surface area (Å²) >= 11 is 1.27. The molecule has 0 aromatic carbocycles. The van der Waals surface area contributed by atoms with E-state index in [9.17, 15) is 9.59 Å². The van der Waals surface area contributed by atoms with Gasteiger partial charge in [-0.2, -0.15) is 0 Å². The van der Waals surface area contributed by atoms with Gasteiger partial charge in [-0.3, -0.25) is 9.59 Å². The van der Waals surface area contributed by atoms with Crippen LogP contribution in [0.2, 0.25) is 0 Å². The Balaban J connectivity index is 2.37. The van der Waals surface area contributed by atoms with Crippen molar-refractivity contribution >= 4 is 23.2 Å². The highest BCUT2D eigenvalue weighted by atomic mass is 32.1. The van der Waals surface area contributed by atoms with Gasteiger partial charge in [-0.25, -0.2) is 0 Å². The van der Waals surface area contributed by atoms with Crippen molar-refractivity contribution in [2.45, 2.75) is 6.42 Å². The van der Waals surface area contributed by atoms with Gasteiger partial charge in [-0.05, 0) is 11.4 Å². The molecule has 1 heterocycles. The molecule has 114 valence electrons. The number of amides is 2. The minimum absolute atomic E-state index is 0.140. The van der Waals surface area contributed by atoms with E-state index in [1.165, 1.54) is 11.3 Å². The smallest absolute Gasteiger partial charge is 0.262 e. The molecule has 0 spiro atoms. The molecular formula is C14H18N2O4S. The fourth-order valence-corrected chi connectivity index (χ4v) is 2.23. The van der Waals surface area contributed by atoms with Gasteiger partial charge in [0.05, 0.1) is 6.61 Å². The number of hydrogen-bond donors (Lipinski definition) is 3. The predicted octanol–water partition coefficient (Wildman–Crippen LogP) is -0.0256. The number of aliphatic hydroxyl groups is 1. The number of methoxy groups -OCH3 is 1. The lowest BCUT2D eigenvalue weighted by Gasteiger charge is -2.05. The number of carbonyl (C=O) groups excluding carboxylic acids is 2. The van der Waals surface area contributed by atoms with Crippen molar-refractivity contribution in [2.75, 3.05) is 33.4 Å². The molecule has 0 radical (unpaired) electrons. The topological polar surface area (TPSA) is 87.7 Å². The van der Waals surface area contributed by atoms with Crippen LogP contribution >= 0.6 is 11.3 Å². The molecule has 21 heavy (non-hydrogen) atoms. The fraction of sp³-hybridized carbons (Fsp3) is 0.429. The van der Waals surface area contributed by atoms with E-state index in [2.05, 4.69) is 22.5 Å². The summed E-state index contributed by atoms with van der Waals surface area (Å²) in [7, 11) is 1.56. The number of hydrogen-bond acceptors (Lipinski definition) is 5. The maximum atomic E-state index is 11.9. The van der Waals surface area contributed by atoms with Crippen molar-refractivity contribution in [1.29, 1.82) is 0 Å². The molecule has 0 aliphatic rings. The SMILES string of the molecule is COCCNC(=O)CCNC(=O)c1sccc1C#CCO. The first kappa shape index (κ1) is 17.2. The first-order chi connectivity index (χ1) is 10.2. The Bertz CT molecular complexity index is 531. The van der Waals surface area contributed by atoms with Crippen LogP contribution in [0.1, 0.15) is 21.7 Å². The lowest BCUT2D eigenvalue weighted by molar-refractivity contribution is -0.121. The van der Waals surface area contributed by atoms with Crippen molar-refractivity contribution in [1.82, 2.24) is 10.6 Å². The monoisotopic (exact) mass is 310 g/mol. The van der Waals surface area contributed by atoms with Crippen LogP contribution in [-0.4, -0.2) is 50.3 Å². The number of rotatable bonds is 7. The van der Waals surface area contributed by atoms with E-state index in [0.717, 1.165) is 0 Å². The highest BCUT2D eigenvalue weighted by Crippen LogP contribution is 2.15. The summed E-state index contributed by atoms with van der Waals surface area (Å²) in [6, 6.07) is 1.72. The van der Waals surface area contributed by atoms with Gasteiger partial charge < -0.3 is 20.5 Å². The first-order valence-corrected chi connectivity index (χ1v) is 7.28. The molecule has 0 saturated carbocycles. The zero-order valence-corrected chi connectivity index (χ0v) is 12.6. The molecule has 1 aromatic heterocycles. The molecule has 2 amide bonds. The Morgan fingerprint density at radius 3 is 2.90 bits per heavy atom. The molecule has 0 fully saturated rings. The fourth-order valence-electron chi connectivity index (χ4n) is 1.47. The molecule has 7 heteroatoms. The predicted molar refractivity (Wildman–Crippen MR) is 80.1 cm³/mol. The Hall–Kier alpha value is -1.88. The Morgan fingerprint density at radius 2 is 2.19 bits per heavy atom. The average Bonchev–Trinajstić information content (AvgIpc) is 2.93. The molecule has 6 nitrogen and oxygen atoms in total. The van der Waals surface area contributed by atoms with Crippen molar-refractivity contribution < 1.29 is 19.4 Å². The van der Waals surface area contributed by atoms with Crippen LogP contribution in [0.25, 0.3) is 0 Å². The molecule has 1 rings (SSSR count). The van der Waals surface area contributed by atoms with Crippen molar-refractivity contribution in [2.24, 2.45) is 0 Å². The third-order valence-electron chi connectivity index (χ3n) is 2.44. The van der Waals surface area contributed by atoms with Crippen molar-refractivity contribution in [3.05, 3.63) is 21.9 Å². The minimum atomic E-state index is -0.267. The molecule has 0 bridgehead atoms. The summed E-state index contributed by atoms with van der Waals surface area (Å²) in [5.74, 6) is 4.81. The molecule has 3 N–H and O–H groups in total. The summed E-state index contributed by atoms with van der Waals surface area (Å²) in [6.45, 7) is 0.913. The van der Waals surface area contributed by atoms with E-state index >= 15 is 0 Å². The lowest BCUT2D eigenvalue weighted by atomic mass is 10.2. The van der Waals surface area contributed by atoms with Gasteiger partial charge in [0, 0.05) is 32.2 Å². The van der Waals surface area contributed by atoms with E-state index in [-0.39, 0.29) is 31.4 Å². The lowest BCUT2D eigenvalue weighted by Crippen LogP contribution is -2.32. The van der Waals surface area contributed by atoms with Crippen molar-refractivity contribution in [3.63, 3.8) is 0 Å². The highest BCUT2D eigenvalue weighted by Gasteiger charge is 2.11. The van der Waals surface area contributed by atoms with Gasteiger partial charge in [-0.1, -0.05) is 11.8 Å². The molecule has 0 saturated heterocycles. The second-order valence-electron chi connectivity index (χ2n) is 3.97. The zero-order valence-electron chi connectivity index (χ0n) is 11.8. The average molecular weight is 310 g/mol. The molecule has 0 aliphatic carbocycles. The molecular weight excluding hydrogens is 292 g/mol. The van der Waals surface area contributed by atoms with Crippen LogP contribution in [0.4, 0.5) is 0 Å². The summed E-state index contributed by atoms with van der Waals surface area (Å²) in [6.07, 6.45) is 0.207. The van der Waals surface area contributed by atoms with E-state index in [0.29, 0.717) is 23.6 Å². The molecule has 0 unspecified atom stereocenters. The number of nitrogens with one attached hydrogen (secondary N) is 2. The Labute approximate surface area is 127 Å². The molecule has 0 atom stereocenters. The van der Waals surface area contributed by atoms with Gasteiger partial charge in [0.25, 0.3) is 5.91 Å². The van der Waals surface area contributed by atoms with Gasteiger partial charge >= 0.3 is 0 Å². The Kier molecular flexibility index (Phi) is 8.12. The highest BCUT2D eigenvalue weighted by molar-refractivity contribution is 7.12. The maximum absolute atomic E-state index is 11.9. The molecule has 0 aliphatic heterocycles. The third kappa shape index (κ3) is 6.40. The second kappa shape index (κ2) is 9.94. The first-order valence-electron chi connectivity index (χ1n) is 6.40. The van der Waals surface area contributed by atoms with Crippen LogP contribution < -0.4 is 10.6 Å². The number of thiophene rings is 1. The van der Waals surface area contributed by atoms with Crippen molar-refractivity contribution in [3.8, 4) is 11.8 Å². The standard InChI is InChI=1S/C14H18N2O4S/c1-20-9-7-15-12(18)4-6-16-14(19)13-11(3-2-8-17)5-10-21-13/h5,10,17H,4,6-9H2,1H3,(H,15,18)(H,16,19). The molecule has 1 aromatic rings. The van der Waals surface area contributed by atoms with E-state index < -0.39 is 0 Å². The quantitative estimate of drug-likeness (QED) is 0.488. The van der Waals surface area contributed by atoms with Crippen LogP contribution in [-0.2, 0) is 9.53 Å². The van der Waals surface area contributed by atoms with Crippen LogP contribution in [0.15, 0.2) is 11.4 Å². The second-order valence-corrected chi connectivity index (χ2v) is 4.89. The zero-order chi connectivity index (χ0) is 15.5. The maximum Gasteiger partial charge on any atom is 0.262 e. The van der Waals surface area contributed by atoms with Crippen LogP contribution in [0.5, 0.6) is 0 Å². The summed E-state index contributed by atoms with van der Waals surface area (Å²) in [5, 5.41) is 15.8. The van der Waals surface area contributed by atoms with Gasteiger partial charge in [0.2, 0.25) is 5.91 Å². The Morgan fingerprint density at radius 1 is 1.38 bits per heavy atom. The van der Waals surface area contributed by atoms with E-state index in [1.807, 2.05) is 0 Å². The van der Waals surface area contributed by atoms with Crippen LogP contribution in [0, 0.1) is 11.8 Å². The summed E-state index contributed by atoms with van der Waals surface area (Å²) in [4.78, 5) is 23.9. The third-order valence-corrected chi connectivity index (χ3v) is 3.35. The number of carbonyl (C=O) groups is 2. The van der Waals surface area contributed by atoms with Gasteiger partial charge in [-0.15, -0.1) is 11.3 Å². The van der Waals surface area contributed by atoms with E-state index in [1.54, 1.807) is 18.6 Å².